The van der Waals surface area contributed by atoms with Crippen molar-refractivity contribution >= 4 is 17.6 Å². The van der Waals surface area contributed by atoms with Crippen molar-refractivity contribution in [3.63, 3.8) is 0 Å². The summed E-state index contributed by atoms with van der Waals surface area (Å²) in [6.07, 6.45) is -4.49. The van der Waals surface area contributed by atoms with Gasteiger partial charge in [-0.3, -0.25) is 9.69 Å². The average molecular weight is 422 g/mol. The number of benzene rings is 2. The van der Waals surface area contributed by atoms with Gasteiger partial charge in [0, 0.05) is 12.2 Å². The number of likely N-dealkylation sites (N-methyl/N-ethyl adjacent to an activating group) is 1. The first-order valence-corrected chi connectivity index (χ1v) is 9.50. The van der Waals surface area contributed by atoms with Crippen molar-refractivity contribution in [2.24, 2.45) is 5.73 Å². The van der Waals surface area contributed by atoms with Gasteiger partial charge in [-0.15, -0.1) is 0 Å². The summed E-state index contributed by atoms with van der Waals surface area (Å²) in [5.41, 5.74) is 5.84. The average Bonchev–Trinajstić information content (AvgIpc) is 2.70. The third kappa shape index (κ3) is 6.21. The predicted molar refractivity (Wildman–Crippen MR) is 109 cm³/mol. The van der Waals surface area contributed by atoms with Gasteiger partial charge in [-0.1, -0.05) is 38.1 Å². The van der Waals surface area contributed by atoms with Crippen LogP contribution in [0.1, 0.15) is 36.6 Å². The fraction of sp³-hybridized carbons (Fsp3) is 0.333. The van der Waals surface area contributed by atoms with E-state index < -0.39 is 29.7 Å². The molecule has 0 heterocycles. The summed E-state index contributed by atoms with van der Waals surface area (Å²) in [5.74, 6) is -0.391. The molecule has 0 saturated carbocycles. The minimum atomic E-state index is -4.49. The number of carbonyl (C=O) groups excluding carboxylic acids is 2. The molecular weight excluding hydrogens is 397 g/mol. The quantitative estimate of drug-likeness (QED) is 0.603. The smallest absolute Gasteiger partial charge is 0.351 e. The van der Waals surface area contributed by atoms with E-state index in [1.54, 1.807) is 29.2 Å². The molecular formula is C21H25F3N4O2. The van der Waals surface area contributed by atoms with Crippen LogP contribution in [0.2, 0.25) is 0 Å². The molecule has 0 unspecified atom stereocenters. The molecule has 6 nitrogen and oxygen atoms in total. The number of amides is 3. The molecule has 0 aliphatic carbocycles. The van der Waals surface area contributed by atoms with Crippen molar-refractivity contribution in [3.05, 3.63) is 65.2 Å². The van der Waals surface area contributed by atoms with Crippen LogP contribution in [-0.2, 0) is 17.5 Å². The molecule has 30 heavy (non-hydrogen) atoms. The lowest BCUT2D eigenvalue weighted by Gasteiger charge is -2.29. The Balaban J connectivity index is 2.19. The van der Waals surface area contributed by atoms with E-state index in [0.29, 0.717) is 18.8 Å². The fourth-order valence-electron chi connectivity index (χ4n) is 3.14. The van der Waals surface area contributed by atoms with E-state index in [-0.39, 0.29) is 12.1 Å². The third-order valence-electron chi connectivity index (χ3n) is 4.64. The summed E-state index contributed by atoms with van der Waals surface area (Å²) in [4.78, 5) is 25.6. The molecule has 2 aromatic carbocycles. The molecule has 0 radical (unpaired) electrons. The maximum atomic E-state index is 13.1. The lowest BCUT2D eigenvalue weighted by molar-refractivity contribution is -0.138. The number of urea groups is 1. The summed E-state index contributed by atoms with van der Waals surface area (Å²) in [5, 5.41) is 5.23. The number of hydrogen-bond donors (Lipinski definition) is 3. The molecule has 3 amide bonds. The molecule has 0 saturated heterocycles. The zero-order valence-electron chi connectivity index (χ0n) is 16.8. The van der Waals surface area contributed by atoms with Crippen LogP contribution in [0, 0.1) is 0 Å². The topological polar surface area (TPSA) is 87.5 Å². The van der Waals surface area contributed by atoms with Crippen LogP contribution in [0.4, 0.5) is 23.7 Å². The van der Waals surface area contributed by atoms with E-state index in [2.05, 4.69) is 10.6 Å². The zero-order valence-corrected chi connectivity index (χ0v) is 16.8. The summed E-state index contributed by atoms with van der Waals surface area (Å²) >= 11 is 0. The van der Waals surface area contributed by atoms with Crippen molar-refractivity contribution in [1.82, 2.24) is 10.2 Å². The van der Waals surface area contributed by atoms with Crippen LogP contribution in [0.3, 0.4) is 0 Å². The fourth-order valence-corrected chi connectivity index (χ4v) is 3.14. The Labute approximate surface area is 173 Å². The second-order valence-electron chi connectivity index (χ2n) is 6.65. The van der Waals surface area contributed by atoms with E-state index in [4.69, 9.17) is 5.73 Å². The second-order valence-corrected chi connectivity index (χ2v) is 6.65. The summed E-state index contributed by atoms with van der Waals surface area (Å²) in [6, 6.07) is 10.0. The van der Waals surface area contributed by atoms with Crippen molar-refractivity contribution in [1.29, 1.82) is 0 Å². The maximum absolute atomic E-state index is 13.1. The van der Waals surface area contributed by atoms with E-state index in [0.717, 1.165) is 17.7 Å². The van der Waals surface area contributed by atoms with Crippen molar-refractivity contribution < 1.29 is 22.8 Å². The molecule has 2 rings (SSSR count). The van der Waals surface area contributed by atoms with E-state index in [1.165, 1.54) is 12.1 Å². The molecule has 2 aromatic rings. The van der Waals surface area contributed by atoms with Gasteiger partial charge in [-0.2, -0.15) is 13.2 Å². The highest BCUT2D eigenvalue weighted by atomic mass is 19.4. The molecule has 0 fully saturated rings. The Morgan fingerprint density at radius 3 is 2.23 bits per heavy atom. The van der Waals surface area contributed by atoms with Gasteiger partial charge < -0.3 is 16.4 Å². The van der Waals surface area contributed by atoms with Gasteiger partial charge in [0.05, 0.1) is 5.56 Å². The number of alkyl halides is 3. The van der Waals surface area contributed by atoms with Crippen molar-refractivity contribution in [3.8, 4) is 0 Å². The number of anilines is 1. The number of carbonyl (C=O) groups is 2. The number of hydrogen-bond acceptors (Lipinski definition) is 3. The van der Waals surface area contributed by atoms with Gasteiger partial charge in [0.25, 0.3) is 0 Å². The molecule has 4 N–H and O–H groups in total. The van der Waals surface area contributed by atoms with Crippen LogP contribution in [0.5, 0.6) is 0 Å². The number of primary amides is 1. The number of nitrogens with zero attached hydrogens (tertiary/aromatic N) is 1. The Bertz CT molecular complexity index is 865. The summed E-state index contributed by atoms with van der Waals surface area (Å²) in [7, 11) is 0. The molecule has 9 heteroatoms. The first-order chi connectivity index (χ1) is 14.2. The number of nitrogens with one attached hydrogen (secondary N) is 2. The second kappa shape index (κ2) is 10.1. The molecule has 0 spiro atoms. The first kappa shape index (κ1) is 23.2. The molecule has 1 atom stereocenters. The van der Waals surface area contributed by atoms with Gasteiger partial charge in [0.15, 0.2) is 0 Å². The van der Waals surface area contributed by atoms with Gasteiger partial charge in [-0.05, 0) is 48.5 Å². The molecule has 162 valence electrons. The van der Waals surface area contributed by atoms with E-state index in [9.17, 15) is 22.8 Å². The molecule has 0 aliphatic rings. The maximum Gasteiger partial charge on any atom is 0.416 e. The van der Waals surface area contributed by atoms with Crippen molar-refractivity contribution in [2.75, 3.05) is 18.4 Å². The Morgan fingerprint density at radius 2 is 1.70 bits per heavy atom. The zero-order chi connectivity index (χ0) is 22.3. The SMILES string of the molecule is CCN(CC)[C@H](C(=O)NCc1ccc(NC(N)=O)cc1)c1cccc(C(F)(F)F)c1. The molecule has 0 aromatic heterocycles. The van der Waals surface area contributed by atoms with Gasteiger partial charge >= 0.3 is 12.2 Å². The monoisotopic (exact) mass is 422 g/mol. The third-order valence-corrected chi connectivity index (χ3v) is 4.64. The number of nitrogens with two attached hydrogens (primary N) is 1. The standard InChI is InChI=1S/C21H25F3N4O2/c1-3-28(4-2)18(15-6-5-7-16(12-15)21(22,23)24)19(29)26-13-14-8-10-17(11-9-14)27-20(25)30/h5-12,18H,3-4,13H2,1-2H3,(H,26,29)(H3,25,27,30)/t18-/m0/s1. The summed E-state index contributed by atoms with van der Waals surface area (Å²) in [6.45, 7) is 4.88. The largest absolute Gasteiger partial charge is 0.416 e. The van der Waals surface area contributed by atoms with Crippen LogP contribution in [0.25, 0.3) is 0 Å². The first-order valence-electron chi connectivity index (χ1n) is 9.50. The Morgan fingerprint density at radius 1 is 1.07 bits per heavy atom. The van der Waals surface area contributed by atoms with Gasteiger partial charge in [0.1, 0.15) is 6.04 Å². The highest BCUT2D eigenvalue weighted by molar-refractivity contribution is 5.87. The highest BCUT2D eigenvalue weighted by Gasteiger charge is 2.33. The minimum Gasteiger partial charge on any atom is -0.351 e. The van der Waals surface area contributed by atoms with E-state index in [1.807, 2.05) is 13.8 Å². The van der Waals surface area contributed by atoms with Crippen LogP contribution in [-0.4, -0.2) is 29.9 Å². The van der Waals surface area contributed by atoms with Crippen LogP contribution >= 0.6 is 0 Å². The Hall–Kier alpha value is -3.07. The van der Waals surface area contributed by atoms with Gasteiger partial charge in [-0.25, -0.2) is 4.79 Å². The lowest BCUT2D eigenvalue weighted by atomic mass is 10.0. The van der Waals surface area contributed by atoms with Crippen LogP contribution in [0.15, 0.2) is 48.5 Å². The predicted octanol–water partition coefficient (Wildman–Crippen LogP) is 3.90. The van der Waals surface area contributed by atoms with Gasteiger partial charge in [0.2, 0.25) is 5.91 Å². The molecule has 0 bridgehead atoms. The minimum absolute atomic E-state index is 0.187. The number of rotatable bonds is 8. The van der Waals surface area contributed by atoms with E-state index >= 15 is 0 Å². The normalized spacial score (nSPS) is 12.5. The lowest BCUT2D eigenvalue weighted by Crippen LogP contribution is -2.40. The van der Waals surface area contributed by atoms with Crippen LogP contribution < -0.4 is 16.4 Å². The number of halogens is 3. The van der Waals surface area contributed by atoms with Crippen molar-refractivity contribution in [2.45, 2.75) is 32.6 Å². The Kier molecular flexibility index (Phi) is 7.82. The highest BCUT2D eigenvalue weighted by Crippen LogP contribution is 2.32. The summed E-state index contributed by atoms with van der Waals surface area (Å²) < 4.78 is 39.4. The molecule has 0 aliphatic heterocycles.